The summed E-state index contributed by atoms with van der Waals surface area (Å²) in [5, 5.41) is 3.44. The molecule has 0 saturated carbocycles. The first-order valence-corrected chi connectivity index (χ1v) is 7.92. The van der Waals surface area contributed by atoms with Crippen molar-refractivity contribution in [3.8, 4) is 5.75 Å². The molecular formula is C17H18F3N3O2. The average Bonchev–Trinajstić information content (AvgIpc) is 3.23. The molecule has 0 N–H and O–H groups in total. The lowest BCUT2D eigenvalue weighted by atomic mass is 10.0. The number of alkyl halides is 3. The number of benzene rings is 1. The van der Waals surface area contributed by atoms with Gasteiger partial charge in [0, 0.05) is 12.7 Å². The lowest BCUT2D eigenvalue weighted by Crippen LogP contribution is -2.33. The summed E-state index contributed by atoms with van der Waals surface area (Å²) in [5.74, 6) is 0.459. The van der Waals surface area contributed by atoms with Gasteiger partial charge in [0.15, 0.2) is 5.69 Å². The number of halogens is 3. The van der Waals surface area contributed by atoms with Crippen LogP contribution in [0.3, 0.4) is 0 Å². The quantitative estimate of drug-likeness (QED) is 0.848. The fraction of sp³-hybridized carbons (Fsp3) is 0.412. The third-order valence-corrected chi connectivity index (χ3v) is 4.28. The highest BCUT2D eigenvalue weighted by Gasteiger charge is 2.34. The van der Waals surface area contributed by atoms with Crippen LogP contribution in [0.2, 0.25) is 0 Å². The summed E-state index contributed by atoms with van der Waals surface area (Å²) in [6.07, 6.45) is -1.67. The van der Waals surface area contributed by atoms with Crippen LogP contribution in [0.5, 0.6) is 5.75 Å². The molecule has 8 heteroatoms. The summed E-state index contributed by atoms with van der Waals surface area (Å²) in [7, 11) is 1.58. The largest absolute Gasteiger partial charge is 0.497 e. The number of ether oxygens (including phenoxy) is 1. The van der Waals surface area contributed by atoms with Gasteiger partial charge in [-0.25, -0.2) is 0 Å². The maximum Gasteiger partial charge on any atom is 0.435 e. The Morgan fingerprint density at radius 3 is 2.84 bits per heavy atom. The zero-order valence-corrected chi connectivity index (χ0v) is 13.7. The van der Waals surface area contributed by atoms with Crippen LogP contribution in [0.1, 0.15) is 30.1 Å². The van der Waals surface area contributed by atoms with Crippen molar-refractivity contribution in [3.63, 3.8) is 0 Å². The molecule has 1 aliphatic rings. The zero-order valence-electron chi connectivity index (χ0n) is 13.7. The molecule has 5 nitrogen and oxygen atoms in total. The van der Waals surface area contributed by atoms with Crippen LogP contribution in [0.4, 0.5) is 13.2 Å². The Balaban J connectivity index is 1.73. The number of methoxy groups -OCH3 is 1. The number of likely N-dealkylation sites (tertiary alicyclic amines) is 1. The number of rotatable bonds is 4. The highest BCUT2D eigenvalue weighted by molar-refractivity contribution is 5.76. The highest BCUT2D eigenvalue weighted by Crippen LogP contribution is 2.33. The summed E-state index contributed by atoms with van der Waals surface area (Å²) in [5.41, 5.74) is -0.0345. The number of amides is 1. The molecule has 0 radical (unpaired) electrons. The van der Waals surface area contributed by atoms with E-state index >= 15 is 0 Å². The van der Waals surface area contributed by atoms with Gasteiger partial charge < -0.3 is 9.64 Å². The van der Waals surface area contributed by atoms with Crippen LogP contribution in [-0.4, -0.2) is 34.2 Å². The van der Waals surface area contributed by atoms with Crippen molar-refractivity contribution in [1.29, 1.82) is 0 Å². The normalized spacial score (nSPS) is 17.8. The molecule has 1 aromatic heterocycles. The van der Waals surface area contributed by atoms with Crippen LogP contribution in [0, 0.1) is 0 Å². The minimum absolute atomic E-state index is 0.0970. The molecule has 3 rings (SSSR count). The van der Waals surface area contributed by atoms with Gasteiger partial charge in [0.05, 0.1) is 13.2 Å². The number of hydrogen-bond acceptors (Lipinski definition) is 3. The minimum Gasteiger partial charge on any atom is -0.497 e. The molecule has 1 amide bonds. The van der Waals surface area contributed by atoms with Gasteiger partial charge in [-0.2, -0.15) is 18.3 Å². The maximum absolute atomic E-state index is 12.6. The van der Waals surface area contributed by atoms with Gasteiger partial charge in [0.1, 0.15) is 12.3 Å². The number of aromatic nitrogens is 2. The Bertz CT molecular complexity index is 758. The Hall–Kier alpha value is -2.51. The SMILES string of the molecule is COc1cccc(C2CCCN2C(=O)Cn2ccc(C(F)(F)F)n2)c1. The number of carbonyl (C=O) groups is 1. The first kappa shape index (κ1) is 17.3. The predicted octanol–water partition coefficient (Wildman–Crippen LogP) is 3.27. The van der Waals surface area contributed by atoms with E-state index in [2.05, 4.69) is 5.10 Å². The Morgan fingerprint density at radius 1 is 1.36 bits per heavy atom. The van der Waals surface area contributed by atoms with Gasteiger partial charge in [-0.3, -0.25) is 9.48 Å². The summed E-state index contributed by atoms with van der Waals surface area (Å²) >= 11 is 0. The van der Waals surface area contributed by atoms with Gasteiger partial charge in [-0.15, -0.1) is 0 Å². The van der Waals surface area contributed by atoms with Gasteiger partial charge in [-0.1, -0.05) is 12.1 Å². The predicted molar refractivity (Wildman–Crippen MR) is 83.9 cm³/mol. The van der Waals surface area contributed by atoms with Gasteiger partial charge in [0.25, 0.3) is 0 Å². The van der Waals surface area contributed by atoms with Crippen LogP contribution < -0.4 is 4.74 Å². The lowest BCUT2D eigenvalue weighted by Gasteiger charge is -2.25. The number of carbonyl (C=O) groups excluding carboxylic acids is 1. The van der Waals surface area contributed by atoms with Crippen molar-refractivity contribution in [2.75, 3.05) is 13.7 Å². The van der Waals surface area contributed by atoms with E-state index in [-0.39, 0.29) is 18.5 Å². The van der Waals surface area contributed by atoms with Gasteiger partial charge in [-0.05, 0) is 36.6 Å². The molecule has 2 aromatic rings. The first-order chi connectivity index (χ1) is 11.9. The van der Waals surface area contributed by atoms with E-state index in [0.29, 0.717) is 12.3 Å². The number of nitrogens with zero attached hydrogens (tertiary/aromatic N) is 3. The van der Waals surface area contributed by atoms with Crippen molar-refractivity contribution in [2.24, 2.45) is 0 Å². The van der Waals surface area contributed by atoms with Crippen molar-refractivity contribution in [2.45, 2.75) is 31.6 Å². The summed E-state index contributed by atoms with van der Waals surface area (Å²) in [4.78, 5) is 14.3. The average molecular weight is 353 g/mol. The van der Waals surface area contributed by atoms with Crippen LogP contribution >= 0.6 is 0 Å². The molecule has 1 atom stereocenters. The van der Waals surface area contributed by atoms with Crippen LogP contribution in [0.25, 0.3) is 0 Å². The standard InChI is InChI=1S/C17H18F3N3O2/c1-25-13-5-2-4-12(10-13)14-6-3-8-23(14)16(24)11-22-9-7-15(21-22)17(18,19)20/h2,4-5,7,9-10,14H,3,6,8,11H2,1H3. The molecular weight excluding hydrogens is 335 g/mol. The second-order valence-electron chi connectivity index (χ2n) is 5.92. The van der Waals surface area contributed by atoms with E-state index in [0.717, 1.165) is 29.2 Å². The van der Waals surface area contributed by atoms with E-state index in [1.54, 1.807) is 12.0 Å². The third kappa shape index (κ3) is 3.78. The smallest absolute Gasteiger partial charge is 0.435 e. The van der Waals surface area contributed by atoms with Crippen LogP contribution in [0.15, 0.2) is 36.5 Å². The van der Waals surface area contributed by atoms with Crippen LogP contribution in [-0.2, 0) is 17.5 Å². The van der Waals surface area contributed by atoms with E-state index in [4.69, 9.17) is 4.74 Å². The fourth-order valence-electron chi connectivity index (χ4n) is 3.09. The van der Waals surface area contributed by atoms with Crippen molar-refractivity contribution in [3.05, 3.63) is 47.8 Å². The van der Waals surface area contributed by atoms with E-state index < -0.39 is 11.9 Å². The highest BCUT2D eigenvalue weighted by atomic mass is 19.4. The fourth-order valence-corrected chi connectivity index (χ4v) is 3.09. The Morgan fingerprint density at radius 2 is 2.16 bits per heavy atom. The minimum atomic E-state index is -4.51. The molecule has 1 fully saturated rings. The van der Waals surface area contributed by atoms with E-state index in [1.165, 1.54) is 6.20 Å². The molecule has 0 spiro atoms. The van der Waals surface area contributed by atoms with Crippen molar-refractivity contribution < 1.29 is 22.7 Å². The van der Waals surface area contributed by atoms with Gasteiger partial charge >= 0.3 is 6.18 Å². The summed E-state index contributed by atoms with van der Waals surface area (Å²) in [6.45, 7) is 0.366. The van der Waals surface area contributed by atoms with Crippen molar-refractivity contribution in [1.82, 2.24) is 14.7 Å². The maximum atomic E-state index is 12.6. The van der Waals surface area contributed by atoms with E-state index in [9.17, 15) is 18.0 Å². The Kier molecular flexibility index (Phi) is 4.69. The lowest BCUT2D eigenvalue weighted by molar-refractivity contribution is -0.142. The second-order valence-corrected chi connectivity index (χ2v) is 5.92. The molecule has 0 aliphatic carbocycles. The third-order valence-electron chi connectivity index (χ3n) is 4.28. The van der Waals surface area contributed by atoms with Crippen molar-refractivity contribution >= 4 is 5.91 Å². The second kappa shape index (κ2) is 6.78. The molecule has 1 aromatic carbocycles. The molecule has 2 heterocycles. The molecule has 134 valence electrons. The zero-order chi connectivity index (χ0) is 18.0. The first-order valence-electron chi connectivity index (χ1n) is 7.92. The monoisotopic (exact) mass is 353 g/mol. The van der Waals surface area contributed by atoms with Gasteiger partial charge in [0.2, 0.25) is 5.91 Å². The Labute approximate surface area is 143 Å². The molecule has 0 bridgehead atoms. The molecule has 1 saturated heterocycles. The molecule has 1 aliphatic heterocycles. The summed E-state index contributed by atoms with van der Waals surface area (Å²) < 4.78 is 44.1. The topological polar surface area (TPSA) is 47.4 Å². The number of hydrogen-bond donors (Lipinski definition) is 0. The molecule has 25 heavy (non-hydrogen) atoms. The summed E-state index contributed by atoms with van der Waals surface area (Å²) in [6, 6.07) is 8.27. The van der Waals surface area contributed by atoms with E-state index in [1.807, 2.05) is 24.3 Å². The molecule has 1 unspecified atom stereocenters.